The number of piperidine rings is 1. The maximum Gasteiger partial charge on any atom is 0.321 e. The molecule has 1 aromatic carbocycles. The van der Waals surface area contributed by atoms with Crippen molar-refractivity contribution in [2.24, 2.45) is 0 Å². The van der Waals surface area contributed by atoms with Crippen LogP contribution in [-0.2, 0) is 30.8 Å². The minimum atomic E-state index is -3.48. The highest BCUT2D eigenvalue weighted by Gasteiger charge is 2.25. The fourth-order valence-corrected chi connectivity index (χ4v) is 4.43. The van der Waals surface area contributed by atoms with Crippen LogP contribution in [0.4, 0.5) is 4.79 Å². The summed E-state index contributed by atoms with van der Waals surface area (Å²) in [5.41, 5.74) is 0.784. The predicted molar refractivity (Wildman–Crippen MR) is 106 cm³/mol. The molecule has 0 aromatic heterocycles. The summed E-state index contributed by atoms with van der Waals surface area (Å²) in [6.07, 6.45) is 3.18. The highest BCUT2D eigenvalue weighted by Crippen LogP contribution is 2.21. The van der Waals surface area contributed by atoms with E-state index in [1.165, 1.54) is 4.31 Å². The monoisotopic (exact) mass is 425 g/mol. The average Bonchev–Trinajstić information content (AvgIpc) is 2.72. The molecule has 0 unspecified atom stereocenters. The van der Waals surface area contributed by atoms with E-state index in [4.69, 9.17) is 4.74 Å². The first-order valence-corrected chi connectivity index (χ1v) is 11.1. The van der Waals surface area contributed by atoms with Gasteiger partial charge in [0.2, 0.25) is 10.0 Å². The number of amides is 3. The van der Waals surface area contributed by atoms with Gasteiger partial charge in [-0.15, -0.1) is 0 Å². The van der Waals surface area contributed by atoms with E-state index in [2.05, 4.69) is 5.32 Å². The molecule has 0 bridgehead atoms. The molecule has 9 nitrogen and oxygen atoms in total. The third kappa shape index (κ3) is 7.13. The molecule has 1 heterocycles. The highest BCUT2D eigenvalue weighted by molar-refractivity contribution is 7.89. The van der Waals surface area contributed by atoms with Crippen molar-refractivity contribution < 1.29 is 27.5 Å². The molecule has 1 fully saturated rings. The van der Waals surface area contributed by atoms with Crippen molar-refractivity contribution in [3.05, 3.63) is 29.8 Å². The third-order valence-electron chi connectivity index (χ3n) is 4.45. The first kappa shape index (κ1) is 22.8. The van der Waals surface area contributed by atoms with Crippen molar-refractivity contribution in [2.45, 2.75) is 43.9 Å². The summed E-state index contributed by atoms with van der Waals surface area (Å²) in [4.78, 5) is 34.6. The van der Waals surface area contributed by atoms with E-state index >= 15 is 0 Å². The molecule has 0 saturated carbocycles. The molecule has 160 valence electrons. The van der Waals surface area contributed by atoms with Gasteiger partial charge < -0.3 is 10.1 Å². The number of nitrogens with one attached hydrogen (secondary N) is 2. The number of benzene rings is 1. The van der Waals surface area contributed by atoms with Crippen molar-refractivity contribution in [3.8, 4) is 0 Å². The Hall–Kier alpha value is -2.46. The van der Waals surface area contributed by atoms with Crippen LogP contribution in [0.25, 0.3) is 0 Å². The van der Waals surface area contributed by atoms with Crippen molar-refractivity contribution in [1.29, 1.82) is 0 Å². The van der Waals surface area contributed by atoms with Crippen LogP contribution in [0.15, 0.2) is 29.2 Å². The molecule has 1 saturated heterocycles. The summed E-state index contributed by atoms with van der Waals surface area (Å²) in [6.45, 7) is 2.63. The van der Waals surface area contributed by atoms with E-state index in [-0.39, 0.29) is 11.3 Å². The topological polar surface area (TPSA) is 122 Å². The molecule has 0 atom stereocenters. The zero-order chi connectivity index (χ0) is 21.3. The smallest absolute Gasteiger partial charge is 0.321 e. The average molecular weight is 426 g/mol. The summed E-state index contributed by atoms with van der Waals surface area (Å²) >= 11 is 0. The van der Waals surface area contributed by atoms with Gasteiger partial charge in [0.25, 0.3) is 5.91 Å². The lowest BCUT2D eigenvalue weighted by Crippen LogP contribution is -2.41. The second-order valence-electron chi connectivity index (χ2n) is 6.68. The van der Waals surface area contributed by atoms with Crippen LogP contribution in [0.5, 0.6) is 0 Å². The minimum Gasteiger partial charge on any atom is -0.456 e. The van der Waals surface area contributed by atoms with E-state index < -0.39 is 34.5 Å². The lowest BCUT2D eigenvalue weighted by Gasteiger charge is -2.25. The molecule has 0 aliphatic carbocycles. The number of hydrogen-bond donors (Lipinski definition) is 2. The molecule has 29 heavy (non-hydrogen) atoms. The Bertz CT molecular complexity index is 817. The number of nitrogens with zero attached hydrogens (tertiary/aromatic N) is 1. The van der Waals surface area contributed by atoms with Gasteiger partial charge in [0.15, 0.2) is 6.61 Å². The quantitative estimate of drug-likeness (QED) is 0.603. The van der Waals surface area contributed by atoms with Gasteiger partial charge in [0, 0.05) is 26.1 Å². The van der Waals surface area contributed by atoms with Crippen molar-refractivity contribution >= 4 is 27.9 Å². The van der Waals surface area contributed by atoms with Crippen molar-refractivity contribution in [3.63, 3.8) is 0 Å². The number of urea groups is 1. The summed E-state index contributed by atoms with van der Waals surface area (Å²) in [7, 11) is -3.48. The fraction of sp³-hybridized carbons (Fsp3) is 0.526. The van der Waals surface area contributed by atoms with Gasteiger partial charge in [-0.25, -0.2) is 13.2 Å². The number of esters is 1. The lowest BCUT2D eigenvalue weighted by molar-refractivity contribution is -0.148. The van der Waals surface area contributed by atoms with Crippen LogP contribution in [0.1, 0.15) is 38.2 Å². The van der Waals surface area contributed by atoms with E-state index in [9.17, 15) is 22.8 Å². The lowest BCUT2D eigenvalue weighted by atomic mass is 10.1. The first-order valence-electron chi connectivity index (χ1n) is 9.65. The molecule has 0 spiro atoms. The Kier molecular flexibility index (Phi) is 8.59. The number of hydrogen-bond acceptors (Lipinski definition) is 6. The van der Waals surface area contributed by atoms with Crippen LogP contribution >= 0.6 is 0 Å². The molecular weight excluding hydrogens is 398 g/mol. The van der Waals surface area contributed by atoms with Crippen LogP contribution in [0.3, 0.4) is 0 Å². The summed E-state index contributed by atoms with van der Waals surface area (Å²) in [5, 5.41) is 4.42. The first-order chi connectivity index (χ1) is 13.8. The largest absolute Gasteiger partial charge is 0.456 e. The van der Waals surface area contributed by atoms with Crippen molar-refractivity contribution in [1.82, 2.24) is 14.9 Å². The van der Waals surface area contributed by atoms with E-state index in [1.54, 1.807) is 31.2 Å². The number of aryl methyl sites for hydroxylation is 1. The van der Waals surface area contributed by atoms with Crippen LogP contribution in [0, 0.1) is 0 Å². The van der Waals surface area contributed by atoms with E-state index in [1.807, 2.05) is 5.32 Å². The molecular formula is C19H27N3O6S. The normalized spacial score (nSPS) is 14.8. The number of carbonyl (C=O) groups excluding carboxylic acids is 3. The van der Waals surface area contributed by atoms with E-state index in [0.717, 1.165) is 24.8 Å². The molecule has 10 heteroatoms. The Labute approximate surface area is 170 Å². The molecule has 1 aromatic rings. The zero-order valence-electron chi connectivity index (χ0n) is 16.5. The second kappa shape index (κ2) is 10.9. The third-order valence-corrected chi connectivity index (χ3v) is 6.36. The Morgan fingerprint density at radius 2 is 1.72 bits per heavy atom. The summed E-state index contributed by atoms with van der Waals surface area (Å²) in [5.74, 6) is -1.29. The number of carbonyl (C=O) groups is 3. The Morgan fingerprint density at radius 3 is 2.34 bits per heavy atom. The van der Waals surface area contributed by atoms with E-state index in [0.29, 0.717) is 26.1 Å². The fourth-order valence-electron chi connectivity index (χ4n) is 2.91. The van der Waals surface area contributed by atoms with Crippen LogP contribution in [0.2, 0.25) is 0 Å². The van der Waals surface area contributed by atoms with Gasteiger partial charge in [-0.05, 0) is 43.9 Å². The number of sulfonamides is 1. The van der Waals surface area contributed by atoms with Gasteiger partial charge in [0.05, 0.1) is 4.90 Å². The molecule has 2 N–H and O–H groups in total. The molecule has 2 rings (SSSR count). The van der Waals surface area contributed by atoms with Crippen molar-refractivity contribution in [2.75, 3.05) is 26.2 Å². The van der Waals surface area contributed by atoms with Gasteiger partial charge in [-0.1, -0.05) is 18.6 Å². The summed E-state index contributed by atoms with van der Waals surface area (Å²) < 4.78 is 31.6. The number of ether oxygens (including phenoxy) is 1. The Balaban J connectivity index is 1.78. The molecule has 0 radical (unpaired) electrons. The highest BCUT2D eigenvalue weighted by atomic mass is 32.2. The minimum absolute atomic E-state index is 0.0344. The van der Waals surface area contributed by atoms with Gasteiger partial charge in [-0.2, -0.15) is 4.31 Å². The number of imide groups is 1. The maximum atomic E-state index is 12.6. The molecule has 1 aliphatic heterocycles. The summed E-state index contributed by atoms with van der Waals surface area (Å²) in [6, 6.07) is 5.79. The van der Waals surface area contributed by atoms with Gasteiger partial charge in [0.1, 0.15) is 0 Å². The SMILES string of the molecule is CCNC(=O)NC(=O)COC(=O)CCc1ccc(S(=O)(=O)N2CCCCC2)cc1. The predicted octanol–water partition coefficient (Wildman–Crippen LogP) is 1.18. The molecule has 3 amide bonds. The number of rotatable bonds is 8. The van der Waals surface area contributed by atoms with Crippen LogP contribution < -0.4 is 10.6 Å². The second-order valence-corrected chi connectivity index (χ2v) is 8.61. The molecule has 1 aliphatic rings. The Morgan fingerprint density at radius 1 is 1.07 bits per heavy atom. The van der Waals surface area contributed by atoms with Crippen LogP contribution in [-0.4, -0.2) is 56.9 Å². The van der Waals surface area contributed by atoms with Gasteiger partial charge >= 0.3 is 12.0 Å². The zero-order valence-corrected chi connectivity index (χ0v) is 17.3. The standard InChI is InChI=1S/C19H27N3O6S/c1-2-20-19(25)21-17(23)14-28-18(24)11-8-15-6-9-16(10-7-15)29(26,27)22-12-4-3-5-13-22/h6-7,9-10H,2-5,8,11-14H2,1H3,(H2,20,21,23,25). The maximum absolute atomic E-state index is 12.6. The van der Waals surface area contributed by atoms with Gasteiger partial charge in [-0.3, -0.25) is 14.9 Å².